The number of ketones is 1. The summed E-state index contributed by atoms with van der Waals surface area (Å²) >= 11 is 1.49. The molecular weight excluding hydrogens is 362 g/mol. The standard InChI is InChI=1S/C20H21N3O3S/c1-10(2)27-20-22-18-17(19(26)23-20)15(11-5-3-6-12(24)9-11)16-13(21-18)7-4-8-14(16)25/h3,5-6,9-10,15,24H,4,7-8H2,1-2H3,(H2,21,22,23,26). The fourth-order valence-corrected chi connectivity index (χ4v) is 4.50. The molecule has 27 heavy (non-hydrogen) atoms. The van der Waals surface area contributed by atoms with Crippen LogP contribution < -0.4 is 10.9 Å². The second kappa shape index (κ2) is 6.88. The van der Waals surface area contributed by atoms with Crippen LogP contribution in [0, 0.1) is 0 Å². The number of fused-ring (bicyclic) bond motifs is 1. The Kier molecular flexibility index (Phi) is 4.55. The molecule has 2 heterocycles. The maximum Gasteiger partial charge on any atom is 0.257 e. The first-order valence-corrected chi connectivity index (χ1v) is 9.95. The number of aromatic hydroxyl groups is 1. The molecule has 3 N–H and O–H groups in total. The number of thioether (sulfide) groups is 1. The van der Waals surface area contributed by atoms with Gasteiger partial charge in [0.05, 0.1) is 5.56 Å². The summed E-state index contributed by atoms with van der Waals surface area (Å²) in [5.41, 5.74) is 2.36. The minimum Gasteiger partial charge on any atom is -0.508 e. The Labute approximate surface area is 161 Å². The van der Waals surface area contributed by atoms with E-state index in [4.69, 9.17) is 0 Å². The Morgan fingerprint density at radius 3 is 2.81 bits per heavy atom. The van der Waals surface area contributed by atoms with Crippen molar-refractivity contribution in [2.24, 2.45) is 0 Å². The van der Waals surface area contributed by atoms with E-state index in [9.17, 15) is 14.7 Å². The lowest BCUT2D eigenvalue weighted by Gasteiger charge is -2.32. The van der Waals surface area contributed by atoms with E-state index in [-0.39, 0.29) is 22.3 Å². The van der Waals surface area contributed by atoms with Crippen molar-refractivity contribution < 1.29 is 9.90 Å². The highest BCUT2D eigenvalue weighted by molar-refractivity contribution is 7.99. The van der Waals surface area contributed by atoms with Crippen molar-refractivity contribution in [3.05, 3.63) is 57.0 Å². The highest BCUT2D eigenvalue weighted by atomic mass is 32.2. The highest BCUT2D eigenvalue weighted by Gasteiger charge is 2.37. The van der Waals surface area contributed by atoms with Gasteiger partial charge in [0.1, 0.15) is 11.6 Å². The van der Waals surface area contributed by atoms with Crippen molar-refractivity contribution >= 4 is 23.4 Å². The number of benzene rings is 1. The van der Waals surface area contributed by atoms with Gasteiger partial charge in [-0.1, -0.05) is 37.7 Å². The number of allylic oxidation sites excluding steroid dienone is 2. The average Bonchev–Trinajstić information content (AvgIpc) is 2.59. The van der Waals surface area contributed by atoms with Crippen LogP contribution in [0.15, 0.2) is 45.5 Å². The lowest BCUT2D eigenvalue weighted by atomic mass is 9.76. The van der Waals surface area contributed by atoms with Gasteiger partial charge in [-0.25, -0.2) is 4.98 Å². The molecule has 1 aliphatic heterocycles. The van der Waals surface area contributed by atoms with Crippen LogP contribution in [-0.4, -0.2) is 26.1 Å². The highest BCUT2D eigenvalue weighted by Crippen LogP contribution is 2.44. The lowest BCUT2D eigenvalue weighted by molar-refractivity contribution is -0.116. The number of H-pyrrole nitrogens is 1. The number of hydrogen-bond acceptors (Lipinski definition) is 6. The number of nitrogens with zero attached hydrogens (tertiary/aromatic N) is 1. The van der Waals surface area contributed by atoms with Crippen LogP contribution in [0.25, 0.3) is 0 Å². The lowest BCUT2D eigenvalue weighted by Crippen LogP contribution is -2.32. The SMILES string of the molecule is CC(C)Sc1nc2c(c(=O)[nH]1)C(c1cccc(O)c1)C1=C(CCCC1=O)N2. The molecule has 1 aromatic carbocycles. The van der Waals surface area contributed by atoms with E-state index in [1.807, 2.05) is 19.9 Å². The van der Waals surface area contributed by atoms with Gasteiger partial charge in [0.2, 0.25) is 0 Å². The van der Waals surface area contributed by atoms with E-state index in [0.717, 1.165) is 24.1 Å². The molecule has 1 aliphatic carbocycles. The summed E-state index contributed by atoms with van der Waals surface area (Å²) in [6.45, 7) is 4.07. The zero-order valence-corrected chi connectivity index (χ0v) is 16.0. The minimum absolute atomic E-state index is 0.0442. The quantitative estimate of drug-likeness (QED) is 0.554. The summed E-state index contributed by atoms with van der Waals surface area (Å²) in [5, 5.41) is 14.0. The predicted molar refractivity (Wildman–Crippen MR) is 105 cm³/mol. The van der Waals surface area contributed by atoms with Gasteiger partial charge >= 0.3 is 0 Å². The molecule has 1 atom stereocenters. The summed E-state index contributed by atoms with van der Waals surface area (Å²) < 4.78 is 0. The van der Waals surface area contributed by atoms with E-state index in [1.54, 1.807) is 18.2 Å². The van der Waals surface area contributed by atoms with Gasteiger partial charge in [0, 0.05) is 28.9 Å². The molecule has 0 radical (unpaired) electrons. The average molecular weight is 383 g/mol. The van der Waals surface area contributed by atoms with E-state index >= 15 is 0 Å². The molecule has 0 fully saturated rings. The zero-order chi connectivity index (χ0) is 19.1. The topological polar surface area (TPSA) is 95.1 Å². The number of hydrogen-bond donors (Lipinski definition) is 3. The van der Waals surface area contributed by atoms with Crippen molar-refractivity contribution in [1.29, 1.82) is 0 Å². The zero-order valence-electron chi connectivity index (χ0n) is 15.2. The second-order valence-corrected chi connectivity index (χ2v) is 8.69. The van der Waals surface area contributed by atoms with E-state index in [2.05, 4.69) is 15.3 Å². The van der Waals surface area contributed by atoms with Crippen LogP contribution in [0.4, 0.5) is 5.82 Å². The number of carbonyl (C=O) groups excluding carboxylic acids is 1. The molecule has 0 bridgehead atoms. The van der Waals surface area contributed by atoms with Crippen molar-refractivity contribution in [3.63, 3.8) is 0 Å². The normalized spacial score (nSPS) is 18.9. The van der Waals surface area contributed by atoms with E-state index in [1.165, 1.54) is 11.8 Å². The number of phenols is 1. The largest absolute Gasteiger partial charge is 0.508 e. The molecule has 7 heteroatoms. The third-order valence-electron chi connectivity index (χ3n) is 4.79. The van der Waals surface area contributed by atoms with Gasteiger partial charge in [-0.3, -0.25) is 9.59 Å². The maximum absolute atomic E-state index is 13.0. The van der Waals surface area contributed by atoms with Crippen LogP contribution >= 0.6 is 11.8 Å². The minimum atomic E-state index is -0.523. The smallest absolute Gasteiger partial charge is 0.257 e. The first-order chi connectivity index (χ1) is 12.9. The Balaban J connectivity index is 1.93. The number of nitrogens with one attached hydrogen (secondary N) is 2. The molecule has 0 amide bonds. The molecule has 2 aliphatic rings. The Bertz CT molecular complexity index is 1010. The number of aromatic amines is 1. The van der Waals surface area contributed by atoms with Crippen molar-refractivity contribution in [2.45, 2.75) is 49.4 Å². The number of phenolic OH excluding ortho intramolecular Hbond substituents is 1. The molecule has 4 rings (SSSR count). The fourth-order valence-electron chi connectivity index (χ4n) is 3.76. The van der Waals surface area contributed by atoms with Crippen LogP contribution in [-0.2, 0) is 4.79 Å². The van der Waals surface area contributed by atoms with Crippen LogP contribution in [0.2, 0.25) is 0 Å². The predicted octanol–water partition coefficient (Wildman–Crippen LogP) is 3.54. The summed E-state index contributed by atoms with van der Waals surface area (Å²) in [5.74, 6) is 0.131. The molecular formula is C20H21N3O3S. The number of rotatable bonds is 3. The summed E-state index contributed by atoms with van der Waals surface area (Å²) in [7, 11) is 0. The van der Waals surface area contributed by atoms with Gasteiger partial charge in [0.15, 0.2) is 10.9 Å². The monoisotopic (exact) mass is 383 g/mol. The summed E-state index contributed by atoms with van der Waals surface area (Å²) in [6.07, 6.45) is 2.00. The van der Waals surface area contributed by atoms with Gasteiger partial charge in [-0.15, -0.1) is 0 Å². The van der Waals surface area contributed by atoms with Crippen LogP contribution in [0.1, 0.15) is 50.2 Å². The van der Waals surface area contributed by atoms with Crippen molar-refractivity contribution in [2.75, 3.05) is 5.32 Å². The van der Waals surface area contributed by atoms with Gasteiger partial charge in [-0.05, 0) is 30.5 Å². The molecule has 2 aromatic rings. The van der Waals surface area contributed by atoms with Crippen LogP contribution in [0.5, 0.6) is 5.75 Å². The van der Waals surface area contributed by atoms with Gasteiger partial charge in [-0.2, -0.15) is 0 Å². The number of aromatic nitrogens is 2. The van der Waals surface area contributed by atoms with Gasteiger partial charge < -0.3 is 15.4 Å². The maximum atomic E-state index is 13.0. The fraction of sp³-hybridized carbons (Fsp3) is 0.350. The molecule has 140 valence electrons. The van der Waals surface area contributed by atoms with Crippen LogP contribution in [0.3, 0.4) is 0 Å². The summed E-state index contributed by atoms with van der Waals surface area (Å²) in [4.78, 5) is 33.2. The third kappa shape index (κ3) is 3.27. The number of Topliss-reactive ketones (excluding diaryl/α,β-unsaturated/α-hetero) is 1. The molecule has 6 nitrogen and oxygen atoms in total. The van der Waals surface area contributed by atoms with Crippen molar-refractivity contribution in [3.8, 4) is 5.75 Å². The first kappa shape index (κ1) is 17.9. The molecule has 0 saturated carbocycles. The molecule has 0 spiro atoms. The number of carbonyl (C=O) groups is 1. The molecule has 1 aromatic heterocycles. The van der Waals surface area contributed by atoms with Gasteiger partial charge in [0.25, 0.3) is 5.56 Å². The first-order valence-electron chi connectivity index (χ1n) is 9.07. The van der Waals surface area contributed by atoms with E-state index in [0.29, 0.717) is 28.5 Å². The molecule has 0 saturated heterocycles. The van der Waals surface area contributed by atoms with Crippen molar-refractivity contribution in [1.82, 2.24) is 9.97 Å². The Morgan fingerprint density at radius 1 is 1.26 bits per heavy atom. The third-order valence-corrected chi connectivity index (χ3v) is 5.68. The second-order valence-electron chi connectivity index (χ2n) is 7.12. The molecule has 1 unspecified atom stereocenters. The Morgan fingerprint density at radius 2 is 2.07 bits per heavy atom. The number of anilines is 1. The summed E-state index contributed by atoms with van der Waals surface area (Å²) in [6, 6.07) is 6.75. The van der Waals surface area contributed by atoms with E-state index < -0.39 is 5.92 Å². The Hall–Kier alpha value is -2.54.